The summed E-state index contributed by atoms with van der Waals surface area (Å²) in [4.78, 5) is 31.0. The van der Waals surface area contributed by atoms with Crippen molar-refractivity contribution in [1.82, 2.24) is 10.3 Å². The molecule has 1 aliphatic heterocycles. The molecular formula is C20H23N3O2. The van der Waals surface area contributed by atoms with Crippen LogP contribution in [0.2, 0.25) is 0 Å². The molecule has 1 aliphatic rings. The summed E-state index contributed by atoms with van der Waals surface area (Å²) in [6.45, 7) is 4.40. The number of carbonyl (C=O) groups excluding carboxylic acids is 2. The van der Waals surface area contributed by atoms with Crippen molar-refractivity contribution in [1.29, 1.82) is 0 Å². The second-order valence-corrected chi connectivity index (χ2v) is 6.37. The highest BCUT2D eigenvalue weighted by atomic mass is 16.2. The highest BCUT2D eigenvalue weighted by Gasteiger charge is 2.36. The normalized spacial score (nSPS) is 18.2. The zero-order valence-corrected chi connectivity index (χ0v) is 14.6. The summed E-state index contributed by atoms with van der Waals surface area (Å²) < 4.78 is 0. The number of para-hydroxylation sites is 1. The van der Waals surface area contributed by atoms with E-state index in [1.807, 2.05) is 49.4 Å². The molecule has 0 spiro atoms. The van der Waals surface area contributed by atoms with Crippen LogP contribution in [0.15, 0.2) is 48.7 Å². The van der Waals surface area contributed by atoms with Gasteiger partial charge in [-0.3, -0.25) is 14.6 Å². The predicted octanol–water partition coefficient (Wildman–Crippen LogP) is 2.87. The van der Waals surface area contributed by atoms with Crippen molar-refractivity contribution in [2.75, 3.05) is 11.4 Å². The molecule has 1 N–H and O–H groups in total. The molecule has 0 saturated carbocycles. The monoisotopic (exact) mass is 337 g/mol. The van der Waals surface area contributed by atoms with Gasteiger partial charge in [-0.1, -0.05) is 31.2 Å². The minimum atomic E-state index is -0.330. The van der Waals surface area contributed by atoms with Crippen molar-refractivity contribution in [2.45, 2.75) is 32.7 Å². The second-order valence-electron chi connectivity index (χ2n) is 6.37. The Morgan fingerprint density at radius 3 is 2.76 bits per heavy atom. The average molecular weight is 337 g/mol. The molecule has 1 aromatic carbocycles. The Morgan fingerprint density at radius 1 is 1.28 bits per heavy atom. The number of anilines is 1. The Labute approximate surface area is 148 Å². The molecule has 1 saturated heterocycles. The predicted molar refractivity (Wildman–Crippen MR) is 97.1 cm³/mol. The molecule has 25 heavy (non-hydrogen) atoms. The summed E-state index contributed by atoms with van der Waals surface area (Å²) in [7, 11) is 0. The van der Waals surface area contributed by atoms with E-state index in [0.717, 1.165) is 23.4 Å². The topological polar surface area (TPSA) is 62.3 Å². The molecule has 130 valence electrons. The van der Waals surface area contributed by atoms with E-state index in [2.05, 4.69) is 17.2 Å². The average Bonchev–Trinajstić information content (AvgIpc) is 3.04. The number of amides is 2. The third-order valence-electron chi connectivity index (χ3n) is 4.65. The zero-order chi connectivity index (χ0) is 17.8. The van der Waals surface area contributed by atoms with Crippen molar-refractivity contribution in [3.05, 3.63) is 59.9 Å². The van der Waals surface area contributed by atoms with Gasteiger partial charge in [0.2, 0.25) is 11.8 Å². The van der Waals surface area contributed by atoms with Gasteiger partial charge in [-0.2, -0.15) is 0 Å². The number of benzene rings is 1. The van der Waals surface area contributed by atoms with Gasteiger partial charge in [0.15, 0.2) is 0 Å². The number of rotatable bonds is 5. The summed E-state index contributed by atoms with van der Waals surface area (Å²) in [5.41, 5.74) is 2.86. The Balaban J connectivity index is 1.69. The smallest absolute Gasteiger partial charge is 0.227 e. The number of pyridine rings is 1. The highest BCUT2D eigenvalue weighted by Crippen LogP contribution is 2.29. The summed E-state index contributed by atoms with van der Waals surface area (Å²) in [6.07, 6.45) is 2.81. The van der Waals surface area contributed by atoms with Crippen LogP contribution in [-0.2, 0) is 16.0 Å². The first-order valence-electron chi connectivity index (χ1n) is 8.69. The van der Waals surface area contributed by atoms with E-state index in [1.165, 1.54) is 0 Å². The number of aryl methyl sites for hydroxylation is 1. The van der Waals surface area contributed by atoms with Crippen molar-refractivity contribution >= 4 is 17.5 Å². The van der Waals surface area contributed by atoms with Crippen molar-refractivity contribution in [3.8, 4) is 0 Å². The number of hydrogen-bond acceptors (Lipinski definition) is 3. The molecular weight excluding hydrogens is 314 g/mol. The first-order chi connectivity index (χ1) is 12.1. The molecule has 2 aromatic rings. The van der Waals surface area contributed by atoms with Crippen molar-refractivity contribution < 1.29 is 9.59 Å². The number of carbonyl (C=O) groups is 2. The van der Waals surface area contributed by atoms with Gasteiger partial charge in [-0.15, -0.1) is 0 Å². The van der Waals surface area contributed by atoms with Gasteiger partial charge >= 0.3 is 0 Å². The maximum atomic E-state index is 12.6. The number of aromatic nitrogens is 1. The van der Waals surface area contributed by atoms with Gasteiger partial charge in [0.1, 0.15) is 0 Å². The van der Waals surface area contributed by atoms with Crippen LogP contribution in [0.3, 0.4) is 0 Å². The van der Waals surface area contributed by atoms with Gasteiger partial charge in [0.05, 0.1) is 17.7 Å². The second kappa shape index (κ2) is 7.47. The van der Waals surface area contributed by atoms with E-state index in [9.17, 15) is 9.59 Å². The Morgan fingerprint density at radius 2 is 2.04 bits per heavy atom. The summed E-state index contributed by atoms with van der Waals surface area (Å²) in [5, 5.41) is 2.98. The fraction of sp³-hybridized carbons (Fsp3) is 0.350. The van der Waals surface area contributed by atoms with Crippen LogP contribution in [0, 0.1) is 5.92 Å². The molecule has 0 bridgehead atoms. The zero-order valence-electron chi connectivity index (χ0n) is 14.6. The first-order valence-corrected chi connectivity index (χ1v) is 8.69. The van der Waals surface area contributed by atoms with Crippen molar-refractivity contribution in [2.24, 2.45) is 5.92 Å². The minimum absolute atomic E-state index is 0.00605. The Kier molecular flexibility index (Phi) is 5.12. The number of hydrogen-bond donors (Lipinski definition) is 1. The number of nitrogens with zero attached hydrogens (tertiary/aromatic N) is 2. The van der Waals surface area contributed by atoms with E-state index in [1.54, 1.807) is 11.1 Å². The van der Waals surface area contributed by atoms with Crippen molar-refractivity contribution in [3.63, 3.8) is 0 Å². The number of nitrogens with one attached hydrogen (secondary N) is 1. The maximum absolute atomic E-state index is 12.6. The van der Waals surface area contributed by atoms with Gasteiger partial charge < -0.3 is 10.2 Å². The van der Waals surface area contributed by atoms with Crippen LogP contribution in [0.25, 0.3) is 0 Å². The largest absolute Gasteiger partial charge is 0.348 e. The van der Waals surface area contributed by atoms with E-state index in [4.69, 9.17) is 0 Å². The van der Waals surface area contributed by atoms with Crippen LogP contribution >= 0.6 is 0 Å². The van der Waals surface area contributed by atoms with Crippen LogP contribution in [0.4, 0.5) is 5.69 Å². The molecule has 0 radical (unpaired) electrons. The van der Waals surface area contributed by atoms with E-state index >= 15 is 0 Å². The molecule has 1 aromatic heterocycles. The van der Waals surface area contributed by atoms with Crippen LogP contribution in [-0.4, -0.2) is 23.3 Å². The first kappa shape index (κ1) is 17.1. The summed E-state index contributed by atoms with van der Waals surface area (Å²) in [5.74, 6) is -0.418. The molecule has 2 heterocycles. The molecule has 0 aliphatic carbocycles. The van der Waals surface area contributed by atoms with Gasteiger partial charge in [0, 0.05) is 24.8 Å². The molecule has 5 nitrogen and oxygen atoms in total. The van der Waals surface area contributed by atoms with Crippen LogP contribution < -0.4 is 10.2 Å². The minimum Gasteiger partial charge on any atom is -0.348 e. The third-order valence-corrected chi connectivity index (χ3v) is 4.65. The molecule has 2 unspecified atom stereocenters. The highest BCUT2D eigenvalue weighted by molar-refractivity contribution is 6.00. The fourth-order valence-electron chi connectivity index (χ4n) is 3.23. The lowest BCUT2D eigenvalue weighted by Crippen LogP contribution is -2.35. The van der Waals surface area contributed by atoms with E-state index in [0.29, 0.717) is 6.54 Å². The molecule has 1 fully saturated rings. The molecule has 2 atom stereocenters. The van der Waals surface area contributed by atoms with Crippen LogP contribution in [0.1, 0.15) is 37.6 Å². The standard InChI is InChI=1S/C20H23N3O2/c1-3-15-8-4-5-10-18(15)23-13-16(12-19(23)24)20(25)22-14(2)17-9-6-7-11-21-17/h4-11,14,16H,3,12-13H2,1-2H3,(H,22,25). The van der Waals surface area contributed by atoms with Gasteiger partial charge in [-0.05, 0) is 37.1 Å². The molecule has 2 amide bonds. The van der Waals surface area contributed by atoms with E-state index < -0.39 is 0 Å². The molecule has 5 heteroatoms. The lowest BCUT2D eigenvalue weighted by atomic mass is 10.1. The fourth-order valence-corrected chi connectivity index (χ4v) is 3.23. The summed E-state index contributed by atoms with van der Waals surface area (Å²) >= 11 is 0. The third kappa shape index (κ3) is 3.71. The van der Waals surface area contributed by atoms with Gasteiger partial charge in [-0.25, -0.2) is 0 Å². The lowest BCUT2D eigenvalue weighted by molar-refractivity contribution is -0.126. The molecule has 3 rings (SSSR count). The van der Waals surface area contributed by atoms with E-state index in [-0.39, 0.29) is 30.2 Å². The maximum Gasteiger partial charge on any atom is 0.227 e. The van der Waals surface area contributed by atoms with Crippen LogP contribution in [0.5, 0.6) is 0 Å². The quantitative estimate of drug-likeness (QED) is 0.912. The Bertz CT molecular complexity index is 761. The lowest BCUT2D eigenvalue weighted by Gasteiger charge is -2.20. The Hall–Kier alpha value is -2.69. The van der Waals surface area contributed by atoms with Gasteiger partial charge in [0.25, 0.3) is 0 Å². The summed E-state index contributed by atoms with van der Waals surface area (Å²) in [6, 6.07) is 13.3. The SMILES string of the molecule is CCc1ccccc1N1CC(C(=O)NC(C)c2ccccn2)CC1=O.